The maximum absolute atomic E-state index is 2.55. The Morgan fingerprint density at radius 1 is 1.25 bits per heavy atom. The van der Waals surface area contributed by atoms with Gasteiger partial charge in [0.05, 0.1) is 0 Å². The van der Waals surface area contributed by atoms with Crippen LogP contribution in [-0.2, 0) is 0 Å². The average Bonchev–Trinajstić information content (AvgIpc) is 2.54. The fourth-order valence-electron chi connectivity index (χ4n) is 4.19. The van der Waals surface area contributed by atoms with Crippen molar-refractivity contribution in [1.82, 2.24) is 0 Å². The van der Waals surface area contributed by atoms with Crippen molar-refractivity contribution in [2.45, 2.75) is 38.5 Å². The molecule has 0 N–H and O–H groups in total. The highest BCUT2D eigenvalue weighted by Gasteiger charge is 2.76. The molecule has 0 heteroatoms. The predicted molar refractivity (Wildman–Crippen MR) is 48.7 cm³/mol. The molecule has 0 saturated heterocycles. The van der Waals surface area contributed by atoms with Gasteiger partial charge in [0, 0.05) is 0 Å². The van der Waals surface area contributed by atoms with Crippen LogP contribution in [0.25, 0.3) is 0 Å². The highest BCUT2D eigenvalue weighted by molar-refractivity contribution is 5.34. The van der Waals surface area contributed by atoms with E-state index in [4.69, 9.17) is 0 Å². The largest absolute Gasteiger partial charge is 0.0850 e. The Kier molecular flexibility index (Phi) is 0.865. The Morgan fingerprint density at radius 2 is 2.08 bits per heavy atom. The first-order valence-corrected chi connectivity index (χ1v) is 5.60. The van der Waals surface area contributed by atoms with E-state index in [-0.39, 0.29) is 0 Å². The molecule has 0 heterocycles. The van der Waals surface area contributed by atoms with Crippen molar-refractivity contribution >= 4 is 0 Å². The van der Waals surface area contributed by atoms with Gasteiger partial charge in [-0.05, 0) is 61.7 Å². The number of hydrogen-bond donors (Lipinski definition) is 0. The first kappa shape index (κ1) is 6.23. The normalized spacial score (nSPS) is 59.3. The predicted octanol–water partition coefficient (Wildman–Crippen LogP) is 3.14. The van der Waals surface area contributed by atoms with Gasteiger partial charge in [-0.3, -0.25) is 0 Å². The third-order valence-corrected chi connectivity index (χ3v) is 5.23. The average molecular weight is 160 g/mol. The highest BCUT2D eigenvalue weighted by atomic mass is 14.8. The van der Waals surface area contributed by atoms with Crippen molar-refractivity contribution in [2.75, 3.05) is 0 Å². The van der Waals surface area contributed by atoms with E-state index in [0.29, 0.717) is 0 Å². The van der Waals surface area contributed by atoms with Crippen LogP contribution >= 0.6 is 0 Å². The number of hydrogen-bond acceptors (Lipinski definition) is 0. The van der Waals surface area contributed by atoms with Crippen LogP contribution in [0.15, 0.2) is 11.6 Å². The van der Waals surface area contributed by atoms with E-state index in [2.05, 4.69) is 6.08 Å². The summed E-state index contributed by atoms with van der Waals surface area (Å²) in [4.78, 5) is 0. The molecule has 0 aromatic heterocycles. The van der Waals surface area contributed by atoms with Gasteiger partial charge in [-0.15, -0.1) is 0 Å². The summed E-state index contributed by atoms with van der Waals surface area (Å²) in [6.07, 6.45) is 11.6. The minimum atomic E-state index is 0.941. The van der Waals surface area contributed by atoms with Crippen LogP contribution in [0.5, 0.6) is 0 Å². The van der Waals surface area contributed by atoms with Crippen molar-refractivity contribution < 1.29 is 0 Å². The molecule has 1 spiro atoms. The monoisotopic (exact) mass is 160 g/mol. The molecule has 0 amide bonds. The first-order chi connectivity index (χ1) is 5.91. The van der Waals surface area contributed by atoms with Crippen LogP contribution in [0.1, 0.15) is 38.5 Å². The van der Waals surface area contributed by atoms with Crippen molar-refractivity contribution in [1.29, 1.82) is 0 Å². The van der Waals surface area contributed by atoms with Crippen molar-refractivity contribution in [3.63, 3.8) is 0 Å². The van der Waals surface area contributed by atoms with Gasteiger partial charge in [0.15, 0.2) is 0 Å². The van der Waals surface area contributed by atoms with Gasteiger partial charge in [0.2, 0.25) is 0 Å². The summed E-state index contributed by atoms with van der Waals surface area (Å²) in [5, 5.41) is 0. The lowest BCUT2D eigenvalue weighted by Gasteiger charge is -2.61. The van der Waals surface area contributed by atoms with E-state index >= 15 is 0 Å². The molecule has 0 aromatic rings. The standard InChI is InChI=1S/C12H16/c1-2-4-8(3-1)11-7-12(11)9-5-10(12)6-9/h3,9-11H,1-2,4-7H2. The van der Waals surface area contributed by atoms with Gasteiger partial charge >= 0.3 is 0 Å². The van der Waals surface area contributed by atoms with Crippen LogP contribution in [0, 0.1) is 23.2 Å². The van der Waals surface area contributed by atoms with Crippen LogP contribution in [-0.4, -0.2) is 0 Å². The summed E-state index contributed by atoms with van der Waals surface area (Å²) in [6.45, 7) is 0. The molecule has 12 heavy (non-hydrogen) atoms. The van der Waals surface area contributed by atoms with E-state index in [1.54, 1.807) is 19.3 Å². The highest BCUT2D eigenvalue weighted by Crippen LogP contribution is 2.84. The van der Waals surface area contributed by atoms with Gasteiger partial charge in [-0.2, -0.15) is 0 Å². The first-order valence-electron chi connectivity index (χ1n) is 5.60. The number of rotatable bonds is 1. The van der Waals surface area contributed by atoms with E-state index in [9.17, 15) is 0 Å². The van der Waals surface area contributed by atoms with Gasteiger partial charge < -0.3 is 0 Å². The van der Waals surface area contributed by atoms with Crippen molar-refractivity contribution in [3.8, 4) is 0 Å². The molecule has 5 aliphatic rings. The van der Waals surface area contributed by atoms with Gasteiger partial charge in [0.25, 0.3) is 0 Å². The Bertz CT molecular complexity index is 260. The van der Waals surface area contributed by atoms with Gasteiger partial charge in [-0.25, -0.2) is 0 Å². The summed E-state index contributed by atoms with van der Waals surface area (Å²) in [7, 11) is 0. The fraction of sp³-hybridized carbons (Fsp3) is 0.833. The Morgan fingerprint density at radius 3 is 2.50 bits per heavy atom. The van der Waals surface area contributed by atoms with E-state index in [1.165, 1.54) is 31.1 Å². The summed E-state index contributed by atoms with van der Waals surface area (Å²) in [5.41, 5.74) is 2.81. The molecule has 1 unspecified atom stereocenters. The van der Waals surface area contributed by atoms with Crippen LogP contribution in [0.4, 0.5) is 0 Å². The van der Waals surface area contributed by atoms with Crippen LogP contribution in [0.3, 0.4) is 0 Å². The maximum Gasteiger partial charge on any atom is -0.0135 e. The lowest BCUT2D eigenvalue weighted by molar-refractivity contribution is -0.114. The minimum Gasteiger partial charge on any atom is -0.0850 e. The van der Waals surface area contributed by atoms with E-state index in [1.807, 2.05) is 5.57 Å². The zero-order valence-corrected chi connectivity index (χ0v) is 7.55. The second kappa shape index (κ2) is 1.66. The Hall–Kier alpha value is -0.260. The topological polar surface area (TPSA) is 0 Å². The SMILES string of the molecule is C1=C(C2CC23C2CC3C2)CCC1. The molecule has 5 rings (SSSR count). The molecule has 4 fully saturated rings. The Balaban J connectivity index is 1.60. The van der Waals surface area contributed by atoms with Gasteiger partial charge in [-0.1, -0.05) is 11.6 Å². The maximum atomic E-state index is 2.55. The molecule has 4 saturated carbocycles. The van der Waals surface area contributed by atoms with Crippen LogP contribution < -0.4 is 0 Å². The van der Waals surface area contributed by atoms with E-state index < -0.39 is 0 Å². The summed E-state index contributed by atoms with van der Waals surface area (Å²) in [6, 6.07) is 0. The summed E-state index contributed by atoms with van der Waals surface area (Å²) < 4.78 is 0. The van der Waals surface area contributed by atoms with Crippen LogP contribution in [0.2, 0.25) is 0 Å². The molecular weight excluding hydrogens is 144 g/mol. The summed E-state index contributed by atoms with van der Waals surface area (Å²) >= 11 is 0. The number of allylic oxidation sites excluding steroid dienone is 2. The summed E-state index contributed by atoms with van der Waals surface area (Å²) in [5.74, 6) is 3.47. The molecule has 5 aliphatic carbocycles. The van der Waals surface area contributed by atoms with Crippen molar-refractivity contribution in [3.05, 3.63) is 11.6 Å². The molecule has 0 radical (unpaired) electrons. The third kappa shape index (κ3) is 0.471. The zero-order chi connectivity index (χ0) is 7.76. The molecule has 0 aliphatic heterocycles. The Labute approximate surface area is 74.0 Å². The zero-order valence-electron chi connectivity index (χ0n) is 7.55. The lowest BCUT2D eigenvalue weighted by atomic mass is 9.44. The minimum absolute atomic E-state index is 0.941. The molecule has 2 bridgehead atoms. The lowest BCUT2D eigenvalue weighted by Crippen LogP contribution is -2.53. The molecule has 0 nitrogen and oxygen atoms in total. The second-order valence-electron chi connectivity index (χ2n) is 5.41. The molecule has 0 aromatic carbocycles. The van der Waals surface area contributed by atoms with E-state index in [0.717, 1.165) is 11.3 Å². The quantitative estimate of drug-likeness (QED) is 0.517. The van der Waals surface area contributed by atoms with Crippen molar-refractivity contribution in [2.24, 2.45) is 23.2 Å². The smallest absolute Gasteiger partial charge is 0.0135 e. The van der Waals surface area contributed by atoms with Gasteiger partial charge in [0.1, 0.15) is 0 Å². The molecule has 64 valence electrons. The molecule has 1 atom stereocenters. The third-order valence-electron chi connectivity index (χ3n) is 5.23. The second-order valence-corrected chi connectivity index (χ2v) is 5.41. The fourth-order valence-corrected chi connectivity index (χ4v) is 4.19. The molecular formula is C12H16.